The van der Waals surface area contributed by atoms with Gasteiger partial charge in [-0.05, 0) is 19.1 Å². The van der Waals surface area contributed by atoms with E-state index in [2.05, 4.69) is 0 Å². The van der Waals surface area contributed by atoms with Crippen molar-refractivity contribution in [3.05, 3.63) is 27.7 Å². The van der Waals surface area contributed by atoms with E-state index < -0.39 is 10.0 Å². The lowest BCUT2D eigenvalue weighted by atomic mass is 10.1. The quantitative estimate of drug-likeness (QED) is 0.831. The molecule has 15 heavy (non-hydrogen) atoms. The SMILES string of the molecule is CC(=O)c1cc(S(N)(=O)=O)c(Cl)cc1Cl. The zero-order valence-electron chi connectivity index (χ0n) is 7.62. The van der Waals surface area contributed by atoms with E-state index in [1.807, 2.05) is 0 Å². The van der Waals surface area contributed by atoms with Gasteiger partial charge in [0.05, 0.1) is 10.0 Å². The Bertz CT molecular complexity index is 525. The zero-order valence-corrected chi connectivity index (χ0v) is 9.95. The van der Waals surface area contributed by atoms with E-state index in [0.29, 0.717) is 0 Å². The normalized spacial score (nSPS) is 11.5. The third kappa shape index (κ3) is 2.69. The van der Waals surface area contributed by atoms with Crippen molar-refractivity contribution in [1.29, 1.82) is 0 Å². The Kier molecular flexibility index (Phi) is 3.40. The first-order chi connectivity index (χ1) is 6.73. The zero-order chi connectivity index (χ0) is 11.8. The second-order valence-electron chi connectivity index (χ2n) is 2.86. The van der Waals surface area contributed by atoms with E-state index >= 15 is 0 Å². The number of halogens is 2. The number of carbonyl (C=O) groups excluding carboxylic acids is 1. The molecule has 0 fully saturated rings. The Labute approximate surface area is 97.0 Å². The predicted molar refractivity (Wildman–Crippen MR) is 57.8 cm³/mol. The number of nitrogens with two attached hydrogens (primary N) is 1. The number of Topliss-reactive ketones (excluding diaryl/α,β-unsaturated/α-hetero) is 1. The van der Waals surface area contributed by atoms with Gasteiger partial charge in [0, 0.05) is 5.56 Å². The number of ketones is 1. The van der Waals surface area contributed by atoms with Crippen LogP contribution in [-0.4, -0.2) is 14.2 Å². The number of rotatable bonds is 2. The number of sulfonamides is 1. The Balaban J connectivity index is 3.58. The van der Waals surface area contributed by atoms with Gasteiger partial charge in [0.25, 0.3) is 0 Å². The molecule has 0 aromatic heterocycles. The van der Waals surface area contributed by atoms with Gasteiger partial charge in [-0.1, -0.05) is 23.2 Å². The summed E-state index contributed by atoms with van der Waals surface area (Å²) in [7, 11) is -3.95. The Hall–Kier alpha value is -0.620. The first-order valence-electron chi connectivity index (χ1n) is 3.76. The number of hydrogen-bond acceptors (Lipinski definition) is 3. The maximum Gasteiger partial charge on any atom is 0.239 e. The number of carbonyl (C=O) groups is 1. The molecule has 4 nitrogen and oxygen atoms in total. The second-order valence-corrected chi connectivity index (χ2v) is 5.21. The fourth-order valence-electron chi connectivity index (χ4n) is 1.02. The summed E-state index contributed by atoms with van der Waals surface area (Å²) >= 11 is 11.3. The van der Waals surface area contributed by atoms with E-state index in [0.717, 1.165) is 6.07 Å². The topological polar surface area (TPSA) is 77.2 Å². The number of primary sulfonamides is 1. The highest BCUT2D eigenvalue weighted by molar-refractivity contribution is 7.89. The molecule has 0 unspecified atom stereocenters. The van der Waals surface area contributed by atoms with Gasteiger partial charge in [-0.2, -0.15) is 0 Å². The third-order valence-electron chi connectivity index (χ3n) is 1.71. The van der Waals surface area contributed by atoms with Crippen LogP contribution in [0.25, 0.3) is 0 Å². The lowest BCUT2D eigenvalue weighted by Crippen LogP contribution is -2.13. The molecule has 1 rings (SSSR count). The summed E-state index contributed by atoms with van der Waals surface area (Å²) in [5.41, 5.74) is 0.0742. The van der Waals surface area contributed by atoms with Gasteiger partial charge < -0.3 is 0 Å². The van der Waals surface area contributed by atoms with Crippen molar-refractivity contribution >= 4 is 39.0 Å². The number of benzene rings is 1. The van der Waals surface area contributed by atoms with Crippen molar-refractivity contribution < 1.29 is 13.2 Å². The number of hydrogen-bond donors (Lipinski definition) is 1. The van der Waals surface area contributed by atoms with Gasteiger partial charge in [0.2, 0.25) is 10.0 Å². The summed E-state index contributed by atoms with van der Waals surface area (Å²) in [6.45, 7) is 1.27. The van der Waals surface area contributed by atoms with E-state index in [9.17, 15) is 13.2 Å². The molecule has 1 aromatic carbocycles. The Morgan fingerprint density at radius 3 is 2.20 bits per heavy atom. The molecule has 0 aliphatic rings. The smallest absolute Gasteiger partial charge is 0.239 e. The highest BCUT2D eigenvalue weighted by atomic mass is 35.5. The molecule has 0 saturated heterocycles. The first-order valence-corrected chi connectivity index (χ1v) is 6.06. The van der Waals surface area contributed by atoms with Gasteiger partial charge in [0.15, 0.2) is 5.78 Å². The molecule has 0 radical (unpaired) electrons. The monoisotopic (exact) mass is 267 g/mol. The molecule has 0 atom stereocenters. The van der Waals surface area contributed by atoms with E-state index in [4.69, 9.17) is 28.3 Å². The molecular weight excluding hydrogens is 261 g/mol. The molecule has 2 N–H and O–H groups in total. The van der Waals surface area contributed by atoms with E-state index in [1.54, 1.807) is 0 Å². The van der Waals surface area contributed by atoms with Crippen LogP contribution in [0, 0.1) is 0 Å². The maximum absolute atomic E-state index is 11.1. The summed E-state index contributed by atoms with van der Waals surface area (Å²) in [4.78, 5) is 10.8. The van der Waals surface area contributed by atoms with Crippen LogP contribution in [0.5, 0.6) is 0 Å². The minimum Gasteiger partial charge on any atom is -0.294 e. The molecule has 0 saturated carbocycles. The van der Waals surface area contributed by atoms with Crippen LogP contribution < -0.4 is 5.14 Å². The summed E-state index contributed by atoms with van der Waals surface area (Å²) in [5, 5.41) is 4.90. The fourth-order valence-corrected chi connectivity index (χ4v) is 2.47. The highest BCUT2D eigenvalue weighted by Crippen LogP contribution is 2.28. The van der Waals surface area contributed by atoms with Crippen molar-refractivity contribution in [1.82, 2.24) is 0 Å². The summed E-state index contributed by atoms with van der Waals surface area (Å²) in [5.74, 6) is -0.360. The minimum atomic E-state index is -3.95. The van der Waals surface area contributed by atoms with Crippen molar-refractivity contribution in [2.45, 2.75) is 11.8 Å². The molecule has 7 heteroatoms. The third-order valence-corrected chi connectivity index (χ3v) is 3.40. The predicted octanol–water partition coefficient (Wildman–Crippen LogP) is 1.84. The summed E-state index contributed by atoms with van der Waals surface area (Å²) < 4.78 is 22.2. The second kappa shape index (κ2) is 4.09. The molecule has 0 aliphatic heterocycles. The summed E-state index contributed by atoms with van der Waals surface area (Å²) in [6, 6.07) is 2.25. The molecule has 0 spiro atoms. The fraction of sp³-hybridized carbons (Fsp3) is 0.125. The summed E-state index contributed by atoms with van der Waals surface area (Å²) in [6.07, 6.45) is 0. The van der Waals surface area contributed by atoms with Gasteiger partial charge in [-0.3, -0.25) is 4.79 Å². The average molecular weight is 268 g/mol. The lowest BCUT2D eigenvalue weighted by Gasteiger charge is -2.05. The maximum atomic E-state index is 11.1. The lowest BCUT2D eigenvalue weighted by molar-refractivity contribution is 0.101. The van der Waals surface area contributed by atoms with Crippen LogP contribution in [-0.2, 0) is 10.0 Å². The van der Waals surface area contributed by atoms with Crippen LogP contribution in [0.3, 0.4) is 0 Å². The minimum absolute atomic E-state index is 0.0742. The Morgan fingerprint density at radius 2 is 1.80 bits per heavy atom. The van der Waals surface area contributed by atoms with Crippen LogP contribution in [0.4, 0.5) is 0 Å². The first kappa shape index (κ1) is 12.4. The van der Waals surface area contributed by atoms with Crippen LogP contribution in [0.15, 0.2) is 17.0 Å². The van der Waals surface area contributed by atoms with E-state index in [1.165, 1.54) is 13.0 Å². The van der Waals surface area contributed by atoms with Crippen molar-refractivity contribution in [2.75, 3.05) is 0 Å². The largest absolute Gasteiger partial charge is 0.294 e. The van der Waals surface area contributed by atoms with Crippen molar-refractivity contribution in [3.63, 3.8) is 0 Å². The molecule has 82 valence electrons. The molecule has 0 bridgehead atoms. The van der Waals surface area contributed by atoms with Gasteiger partial charge in [-0.15, -0.1) is 0 Å². The molecule has 1 aromatic rings. The van der Waals surface area contributed by atoms with Crippen molar-refractivity contribution in [3.8, 4) is 0 Å². The van der Waals surface area contributed by atoms with Gasteiger partial charge in [-0.25, -0.2) is 13.6 Å². The standard InChI is InChI=1S/C8H7Cl2NO3S/c1-4(12)5-2-8(15(11,13)14)7(10)3-6(5)9/h2-3H,1H3,(H2,11,13,14). The van der Waals surface area contributed by atoms with Crippen LogP contribution in [0.2, 0.25) is 10.0 Å². The average Bonchev–Trinajstić information content (AvgIpc) is 2.00. The van der Waals surface area contributed by atoms with Crippen LogP contribution >= 0.6 is 23.2 Å². The molecule has 0 aliphatic carbocycles. The van der Waals surface area contributed by atoms with Gasteiger partial charge >= 0.3 is 0 Å². The van der Waals surface area contributed by atoms with Crippen molar-refractivity contribution in [2.24, 2.45) is 5.14 Å². The van der Waals surface area contributed by atoms with Gasteiger partial charge in [0.1, 0.15) is 4.90 Å². The molecule has 0 amide bonds. The Morgan fingerprint density at radius 1 is 1.27 bits per heavy atom. The van der Waals surface area contributed by atoms with E-state index in [-0.39, 0.29) is 26.3 Å². The highest BCUT2D eigenvalue weighted by Gasteiger charge is 2.17. The molecule has 0 heterocycles. The molecular formula is C8H7Cl2NO3S. The van der Waals surface area contributed by atoms with Crippen LogP contribution in [0.1, 0.15) is 17.3 Å².